The van der Waals surface area contributed by atoms with Crippen LogP contribution in [0, 0.1) is 0 Å². The monoisotopic (exact) mass is 254 g/mol. The number of furan rings is 1. The van der Waals surface area contributed by atoms with Crippen LogP contribution >= 0.6 is 0 Å². The molecule has 0 amide bonds. The Morgan fingerprint density at radius 2 is 1.76 bits per heavy atom. The zero-order valence-corrected chi connectivity index (χ0v) is 10.7. The van der Waals surface area contributed by atoms with Crippen molar-refractivity contribution in [1.29, 1.82) is 0 Å². The number of rotatable bonds is 0. The molecule has 3 aromatic carbocycles. The maximum absolute atomic E-state index is 10.2. The summed E-state index contributed by atoms with van der Waals surface area (Å²) in [7, 11) is -3.84. The number of fused-ring (bicyclic) bond motifs is 1. The van der Waals surface area contributed by atoms with E-state index in [-0.39, 0.29) is 0 Å². The largest absolute Gasteiger partial charge is 0.464 e. The zero-order chi connectivity index (χ0) is 12.8. The number of hydrogen-bond acceptors (Lipinski definition) is 3. The fraction of sp³-hybridized carbons (Fsp3) is 0.333. The van der Waals surface area contributed by atoms with Gasteiger partial charge >= 0.3 is 0 Å². The van der Waals surface area contributed by atoms with Gasteiger partial charge in [-0.15, -0.1) is 0 Å². The molecule has 4 rings (SSSR count). The van der Waals surface area contributed by atoms with Crippen LogP contribution in [0.25, 0.3) is 21.7 Å². The molecule has 0 saturated heterocycles. The summed E-state index contributed by atoms with van der Waals surface area (Å²) in [4.78, 5) is 0. The minimum atomic E-state index is -3.84. The molecule has 0 radical (unpaired) electrons. The lowest BCUT2D eigenvalue weighted by molar-refractivity contribution is 0.450. The van der Waals surface area contributed by atoms with E-state index in [0.717, 1.165) is 5.58 Å². The zero-order valence-electron chi connectivity index (χ0n) is 9.89. The van der Waals surface area contributed by atoms with Crippen molar-refractivity contribution >= 4 is 31.9 Å². The van der Waals surface area contributed by atoms with Crippen LogP contribution in [0.3, 0.4) is 0 Å². The van der Waals surface area contributed by atoms with Gasteiger partial charge in [-0.05, 0) is 38.3 Å². The normalized spacial score (nSPS) is 13.2. The van der Waals surface area contributed by atoms with Gasteiger partial charge in [0.25, 0.3) is 10.1 Å². The van der Waals surface area contributed by atoms with Gasteiger partial charge in [-0.2, -0.15) is 8.42 Å². The highest BCUT2D eigenvalue weighted by Crippen LogP contribution is 2.34. The first kappa shape index (κ1) is 12.1. The number of benzene rings is 2. The highest BCUT2D eigenvalue weighted by atomic mass is 32.2. The smallest absolute Gasteiger partial charge is 0.269 e. The van der Waals surface area contributed by atoms with Crippen molar-refractivity contribution in [3.05, 3.63) is 24.5 Å². The molecular weight excluding hydrogens is 240 g/mol. The van der Waals surface area contributed by atoms with Crippen molar-refractivity contribution in [1.82, 2.24) is 0 Å². The lowest BCUT2D eigenvalue weighted by atomic mass is 10.0. The van der Waals surface area contributed by atoms with Crippen LogP contribution in [-0.4, -0.2) is 17.7 Å². The standard InChI is InChI=1S/C8H4O.C4H10O3S/c1-2-8-6-3-5(1)7(6)4-9-8;1-4(2,3)8(5,6)7/h1-4H;1-3H3,(H,5,6,7). The Labute approximate surface area is 99.6 Å². The minimum absolute atomic E-state index is 1.01. The topological polar surface area (TPSA) is 67.5 Å². The molecule has 0 aliphatic carbocycles. The summed E-state index contributed by atoms with van der Waals surface area (Å²) in [5, 5.41) is 3.88. The molecule has 0 aliphatic rings. The lowest BCUT2D eigenvalue weighted by Crippen LogP contribution is -2.26. The van der Waals surface area contributed by atoms with Crippen LogP contribution < -0.4 is 0 Å². The first-order valence-corrected chi connectivity index (χ1v) is 6.63. The van der Waals surface area contributed by atoms with Crippen LogP contribution in [0.4, 0.5) is 0 Å². The SMILES string of the molecule is CC(C)(C)S(=O)(=O)O.c1cc2occ3c1cc23. The Balaban J connectivity index is 0.000000129. The third-order valence-electron chi connectivity index (χ3n) is 2.66. The van der Waals surface area contributed by atoms with Gasteiger partial charge in [0.2, 0.25) is 0 Å². The first-order chi connectivity index (χ1) is 7.70. The van der Waals surface area contributed by atoms with Crippen LogP contribution in [0.1, 0.15) is 20.8 Å². The van der Waals surface area contributed by atoms with Gasteiger partial charge in [0.05, 0.1) is 11.0 Å². The van der Waals surface area contributed by atoms with E-state index < -0.39 is 14.9 Å². The van der Waals surface area contributed by atoms with Gasteiger partial charge in [-0.25, -0.2) is 0 Å². The minimum Gasteiger partial charge on any atom is -0.464 e. The molecule has 0 saturated carbocycles. The van der Waals surface area contributed by atoms with Crippen molar-refractivity contribution in [2.45, 2.75) is 25.5 Å². The average Bonchev–Trinajstić information content (AvgIpc) is 2.35. The predicted molar refractivity (Wildman–Crippen MR) is 67.4 cm³/mol. The van der Waals surface area contributed by atoms with E-state index in [1.165, 1.54) is 36.9 Å². The summed E-state index contributed by atoms with van der Waals surface area (Å²) in [5.41, 5.74) is 1.01. The molecule has 1 N–H and O–H groups in total. The van der Waals surface area contributed by atoms with Crippen molar-refractivity contribution < 1.29 is 17.4 Å². The molecule has 0 aliphatic heterocycles. The van der Waals surface area contributed by atoms with E-state index in [1.807, 2.05) is 12.3 Å². The van der Waals surface area contributed by atoms with Gasteiger partial charge in [-0.1, -0.05) is 6.07 Å². The third-order valence-corrected chi connectivity index (χ3v) is 4.21. The molecule has 0 spiro atoms. The molecule has 4 nitrogen and oxygen atoms in total. The third kappa shape index (κ3) is 2.08. The highest BCUT2D eigenvalue weighted by molar-refractivity contribution is 7.87. The lowest BCUT2D eigenvalue weighted by Gasteiger charge is -2.12. The van der Waals surface area contributed by atoms with E-state index in [0.29, 0.717) is 0 Å². The summed E-state index contributed by atoms with van der Waals surface area (Å²) in [6.45, 7) is 4.30. The summed E-state index contributed by atoms with van der Waals surface area (Å²) in [6, 6.07) is 6.24. The predicted octanol–water partition coefficient (Wildman–Crippen LogP) is 3.13. The Morgan fingerprint density at radius 1 is 1.18 bits per heavy atom. The van der Waals surface area contributed by atoms with Crippen molar-refractivity contribution in [3.63, 3.8) is 0 Å². The summed E-state index contributed by atoms with van der Waals surface area (Å²) >= 11 is 0. The number of hydrogen-bond donors (Lipinski definition) is 1. The van der Waals surface area contributed by atoms with Gasteiger partial charge in [-0.3, -0.25) is 4.55 Å². The quantitative estimate of drug-likeness (QED) is 0.626. The molecular formula is C12H14O4S. The van der Waals surface area contributed by atoms with Gasteiger partial charge in [0.15, 0.2) is 0 Å². The second-order valence-corrected chi connectivity index (χ2v) is 7.12. The molecule has 0 fully saturated rings. The molecule has 0 atom stereocenters. The van der Waals surface area contributed by atoms with Gasteiger partial charge < -0.3 is 4.42 Å². The van der Waals surface area contributed by atoms with E-state index in [2.05, 4.69) is 12.1 Å². The maximum atomic E-state index is 10.2. The summed E-state index contributed by atoms with van der Waals surface area (Å²) < 4.78 is 32.9. The molecule has 4 bridgehead atoms. The van der Waals surface area contributed by atoms with Crippen LogP contribution in [0.5, 0.6) is 0 Å². The van der Waals surface area contributed by atoms with Crippen molar-refractivity contribution in [2.75, 3.05) is 0 Å². The van der Waals surface area contributed by atoms with Crippen LogP contribution in [0.15, 0.2) is 28.9 Å². The fourth-order valence-corrected chi connectivity index (χ4v) is 1.34. The molecule has 4 aromatic rings. The second-order valence-electron chi connectivity index (χ2n) is 4.95. The molecule has 17 heavy (non-hydrogen) atoms. The fourth-order valence-electron chi connectivity index (χ4n) is 1.34. The summed E-state index contributed by atoms with van der Waals surface area (Å²) in [6.07, 6.45) is 1.82. The maximum Gasteiger partial charge on any atom is 0.269 e. The summed E-state index contributed by atoms with van der Waals surface area (Å²) in [5.74, 6) is 0. The van der Waals surface area contributed by atoms with Gasteiger partial charge in [0, 0.05) is 10.8 Å². The molecule has 1 aromatic heterocycles. The van der Waals surface area contributed by atoms with Crippen LogP contribution in [-0.2, 0) is 10.1 Å². The Hall–Kier alpha value is -1.33. The Bertz CT molecular complexity index is 656. The van der Waals surface area contributed by atoms with Gasteiger partial charge in [0.1, 0.15) is 5.58 Å². The molecule has 1 heterocycles. The Kier molecular flexibility index (Phi) is 2.56. The molecule has 92 valence electrons. The molecule has 5 heteroatoms. The average molecular weight is 254 g/mol. The van der Waals surface area contributed by atoms with Crippen LogP contribution in [0.2, 0.25) is 0 Å². The first-order valence-electron chi connectivity index (χ1n) is 5.19. The van der Waals surface area contributed by atoms with Crippen molar-refractivity contribution in [2.24, 2.45) is 0 Å². The van der Waals surface area contributed by atoms with E-state index in [1.54, 1.807) is 0 Å². The Morgan fingerprint density at radius 3 is 2.12 bits per heavy atom. The van der Waals surface area contributed by atoms with E-state index >= 15 is 0 Å². The van der Waals surface area contributed by atoms with Crippen molar-refractivity contribution in [3.8, 4) is 0 Å². The highest BCUT2D eigenvalue weighted by Gasteiger charge is 2.25. The van der Waals surface area contributed by atoms with E-state index in [9.17, 15) is 8.42 Å². The molecule has 0 unspecified atom stereocenters. The van der Waals surface area contributed by atoms with E-state index in [4.69, 9.17) is 8.97 Å². The second kappa shape index (κ2) is 3.58.